The quantitative estimate of drug-likeness (QED) is 0.908. The largest absolute Gasteiger partial charge is 0.507 e. The van der Waals surface area contributed by atoms with Crippen LogP contribution >= 0.6 is 11.3 Å². The molecule has 1 aromatic carbocycles. The number of hydrogen-bond acceptors (Lipinski definition) is 4. The molecule has 0 atom stereocenters. The normalized spacial score (nSPS) is 11.6. The Bertz CT molecular complexity index is 651. The van der Waals surface area contributed by atoms with Crippen LogP contribution in [-0.2, 0) is 10.2 Å². The molecule has 20 heavy (non-hydrogen) atoms. The van der Waals surface area contributed by atoms with Gasteiger partial charge in [0.25, 0.3) is 0 Å². The summed E-state index contributed by atoms with van der Waals surface area (Å²) in [6.07, 6.45) is 0. The van der Waals surface area contributed by atoms with Gasteiger partial charge >= 0.3 is 5.97 Å². The molecule has 0 aliphatic rings. The number of aromatic hydroxyl groups is 1. The van der Waals surface area contributed by atoms with Gasteiger partial charge in [-0.1, -0.05) is 0 Å². The number of rotatable bonds is 3. The second-order valence-electron chi connectivity index (χ2n) is 5.43. The van der Waals surface area contributed by atoms with Gasteiger partial charge in [-0.25, -0.2) is 4.98 Å². The molecule has 0 amide bonds. The molecule has 2 N–H and O–H groups in total. The standard InChI is InChI=1S/C15H17NO3S/c1-8-5-10(6-9(2)12(8)17)13-16-11(7-20-13)15(3,4)14(18)19/h5-7,17H,1-4H3,(H,18,19). The van der Waals surface area contributed by atoms with Crippen LogP contribution in [0.2, 0.25) is 0 Å². The van der Waals surface area contributed by atoms with E-state index >= 15 is 0 Å². The van der Waals surface area contributed by atoms with Crippen LogP contribution in [0.25, 0.3) is 10.6 Å². The third kappa shape index (κ3) is 2.41. The van der Waals surface area contributed by atoms with Crippen LogP contribution in [0.3, 0.4) is 0 Å². The summed E-state index contributed by atoms with van der Waals surface area (Å²) in [5, 5.41) is 21.6. The summed E-state index contributed by atoms with van der Waals surface area (Å²) in [4.78, 5) is 15.7. The van der Waals surface area contributed by atoms with Crippen LogP contribution in [0.1, 0.15) is 30.7 Å². The van der Waals surface area contributed by atoms with Gasteiger partial charge in [0, 0.05) is 10.9 Å². The highest BCUT2D eigenvalue weighted by Gasteiger charge is 2.32. The molecule has 0 aliphatic carbocycles. The van der Waals surface area contributed by atoms with Gasteiger partial charge in [0.15, 0.2) is 0 Å². The molecule has 1 aromatic heterocycles. The van der Waals surface area contributed by atoms with Crippen molar-refractivity contribution in [3.05, 3.63) is 34.3 Å². The van der Waals surface area contributed by atoms with Crippen molar-refractivity contribution in [2.45, 2.75) is 33.1 Å². The number of aliphatic carboxylic acids is 1. The monoisotopic (exact) mass is 291 g/mol. The number of thiazole rings is 1. The van der Waals surface area contributed by atoms with Gasteiger partial charge in [0.1, 0.15) is 16.2 Å². The van der Waals surface area contributed by atoms with E-state index in [-0.39, 0.29) is 5.75 Å². The SMILES string of the molecule is Cc1cc(-c2nc(C(C)(C)C(=O)O)cs2)cc(C)c1O. The average molecular weight is 291 g/mol. The smallest absolute Gasteiger partial charge is 0.315 e. The molecule has 1 heterocycles. The summed E-state index contributed by atoms with van der Waals surface area (Å²) < 4.78 is 0. The molecule has 106 valence electrons. The van der Waals surface area contributed by atoms with Crippen molar-refractivity contribution in [3.8, 4) is 16.3 Å². The maximum Gasteiger partial charge on any atom is 0.315 e. The highest BCUT2D eigenvalue weighted by Crippen LogP contribution is 2.33. The van der Waals surface area contributed by atoms with E-state index in [4.69, 9.17) is 0 Å². The summed E-state index contributed by atoms with van der Waals surface area (Å²) in [7, 11) is 0. The molecule has 0 aliphatic heterocycles. The molecule has 2 aromatic rings. The number of hydrogen-bond donors (Lipinski definition) is 2. The number of phenolic OH excluding ortho intramolecular Hbond substituents is 1. The summed E-state index contributed by atoms with van der Waals surface area (Å²) in [5.41, 5.74) is 2.02. The van der Waals surface area contributed by atoms with Gasteiger partial charge in [-0.2, -0.15) is 0 Å². The number of aromatic nitrogens is 1. The maximum atomic E-state index is 11.3. The molecule has 5 heteroatoms. The van der Waals surface area contributed by atoms with Crippen LogP contribution in [-0.4, -0.2) is 21.2 Å². The fourth-order valence-corrected chi connectivity index (χ4v) is 2.86. The summed E-state index contributed by atoms with van der Waals surface area (Å²) in [6.45, 7) is 6.95. The summed E-state index contributed by atoms with van der Waals surface area (Å²) in [6, 6.07) is 3.72. The Morgan fingerprint density at radius 1 is 1.25 bits per heavy atom. The Labute approximate surface area is 121 Å². The lowest BCUT2D eigenvalue weighted by atomic mass is 9.90. The molecule has 0 saturated carbocycles. The Morgan fingerprint density at radius 2 is 1.80 bits per heavy atom. The van der Waals surface area contributed by atoms with Crippen LogP contribution in [0.15, 0.2) is 17.5 Å². The van der Waals surface area contributed by atoms with Crippen molar-refractivity contribution in [3.63, 3.8) is 0 Å². The van der Waals surface area contributed by atoms with Crippen LogP contribution < -0.4 is 0 Å². The van der Waals surface area contributed by atoms with Crippen LogP contribution in [0, 0.1) is 13.8 Å². The molecule has 0 radical (unpaired) electrons. The molecule has 0 unspecified atom stereocenters. The lowest BCUT2D eigenvalue weighted by molar-refractivity contribution is -0.142. The second-order valence-corrected chi connectivity index (χ2v) is 6.28. The van der Waals surface area contributed by atoms with Crippen molar-refractivity contribution in [1.82, 2.24) is 4.98 Å². The highest BCUT2D eigenvalue weighted by molar-refractivity contribution is 7.13. The van der Waals surface area contributed by atoms with E-state index in [1.54, 1.807) is 19.2 Å². The first-order valence-electron chi connectivity index (χ1n) is 6.23. The number of benzene rings is 1. The lowest BCUT2D eigenvalue weighted by Gasteiger charge is -2.15. The molecule has 4 nitrogen and oxygen atoms in total. The molecular weight excluding hydrogens is 274 g/mol. The minimum atomic E-state index is -1.00. The molecule has 0 bridgehead atoms. The van der Waals surface area contributed by atoms with Gasteiger partial charge in [0.05, 0.1) is 5.69 Å². The van der Waals surface area contributed by atoms with E-state index in [0.717, 1.165) is 21.7 Å². The molecule has 0 fully saturated rings. The average Bonchev–Trinajstić information content (AvgIpc) is 2.85. The fraction of sp³-hybridized carbons (Fsp3) is 0.333. The minimum Gasteiger partial charge on any atom is -0.507 e. The zero-order valence-corrected chi connectivity index (χ0v) is 12.7. The van der Waals surface area contributed by atoms with Crippen molar-refractivity contribution < 1.29 is 15.0 Å². The number of phenols is 1. The predicted octanol–water partition coefficient (Wildman–Crippen LogP) is 3.49. The van der Waals surface area contributed by atoms with Crippen molar-refractivity contribution in [2.75, 3.05) is 0 Å². The predicted molar refractivity (Wildman–Crippen MR) is 79.4 cm³/mol. The lowest BCUT2D eigenvalue weighted by Crippen LogP contribution is -2.28. The topological polar surface area (TPSA) is 70.4 Å². The first kappa shape index (κ1) is 14.5. The first-order valence-corrected chi connectivity index (χ1v) is 7.11. The van der Waals surface area contributed by atoms with Crippen molar-refractivity contribution in [2.24, 2.45) is 0 Å². The van der Waals surface area contributed by atoms with E-state index in [2.05, 4.69) is 4.98 Å². The first-order chi connectivity index (χ1) is 9.23. The summed E-state index contributed by atoms with van der Waals surface area (Å²) in [5.74, 6) is -0.608. The Hall–Kier alpha value is -1.88. The minimum absolute atomic E-state index is 0.288. The van der Waals surface area contributed by atoms with Gasteiger partial charge in [-0.3, -0.25) is 4.79 Å². The fourth-order valence-electron chi connectivity index (χ4n) is 1.88. The van der Waals surface area contributed by atoms with E-state index in [0.29, 0.717) is 5.69 Å². The van der Waals surface area contributed by atoms with Crippen molar-refractivity contribution in [1.29, 1.82) is 0 Å². The Balaban J connectivity index is 2.46. The Kier molecular flexibility index (Phi) is 3.56. The van der Waals surface area contributed by atoms with Gasteiger partial charge in [0.2, 0.25) is 0 Å². The van der Waals surface area contributed by atoms with Crippen molar-refractivity contribution >= 4 is 17.3 Å². The summed E-state index contributed by atoms with van der Waals surface area (Å²) >= 11 is 1.41. The molecule has 2 rings (SSSR count). The third-order valence-electron chi connectivity index (χ3n) is 3.42. The third-order valence-corrected chi connectivity index (χ3v) is 4.31. The van der Waals surface area contributed by atoms with Crippen LogP contribution in [0.4, 0.5) is 0 Å². The number of aryl methyl sites for hydroxylation is 2. The van der Waals surface area contributed by atoms with Gasteiger partial charge < -0.3 is 10.2 Å². The number of carbonyl (C=O) groups is 1. The van der Waals surface area contributed by atoms with Gasteiger partial charge in [-0.05, 0) is 51.0 Å². The van der Waals surface area contributed by atoms with E-state index in [1.165, 1.54) is 11.3 Å². The number of carboxylic acids is 1. The van der Waals surface area contributed by atoms with Crippen LogP contribution in [0.5, 0.6) is 5.75 Å². The zero-order valence-electron chi connectivity index (χ0n) is 11.9. The van der Waals surface area contributed by atoms with Gasteiger partial charge in [-0.15, -0.1) is 11.3 Å². The highest BCUT2D eigenvalue weighted by atomic mass is 32.1. The maximum absolute atomic E-state index is 11.3. The van der Waals surface area contributed by atoms with E-state index in [1.807, 2.05) is 26.0 Å². The molecular formula is C15H17NO3S. The number of carboxylic acid groups (broad SMARTS) is 1. The van der Waals surface area contributed by atoms with E-state index in [9.17, 15) is 15.0 Å². The molecule has 0 saturated heterocycles. The van der Waals surface area contributed by atoms with E-state index < -0.39 is 11.4 Å². The Morgan fingerprint density at radius 3 is 2.30 bits per heavy atom. The zero-order chi connectivity index (χ0) is 15.1. The number of nitrogens with zero attached hydrogens (tertiary/aromatic N) is 1. The molecule has 0 spiro atoms. The second kappa shape index (κ2) is 4.90.